The molecule has 0 aliphatic rings. The number of aromatic nitrogens is 2. The second-order valence-corrected chi connectivity index (χ2v) is 4.85. The van der Waals surface area contributed by atoms with E-state index in [4.69, 9.17) is 5.73 Å². The van der Waals surface area contributed by atoms with E-state index >= 15 is 0 Å². The summed E-state index contributed by atoms with van der Waals surface area (Å²) in [7, 11) is 3.63. The number of amides is 1. The summed E-state index contributed by atoms with van der Waals surface area (Å²) in [5.41, 5.74) is 6.43. The Bertz CT molecular complexity index is 378. The summed E-state index contributed by atoms with van der Waals surface area (Å²) in [4.78, 5) is 17.7. The Morgan fingerprint density at radius 1 is 1.56 bits per heavy atom. The fourth-order valence-electron chi connectivity index (χ4n) is 1.50. The first kappa shape index (κ1) is 16.9. The van der Waals surface area contributed by atoms with Gasteiger partial charge in [0.2, 0.25) is 0 Å². The number of rotatable bonds is 5. The first-order chi connectivity index (χ1) is 7.91. The van der Waals surface area contributed by atoms with Gasteiger partial charge in [-0.05, 0) is 12.3 Å². The topological polar surface area (TPSA) is 64.2 Å². The largest absolute Gasteiger partial charge is 0.340 e. The second-order valence-electron chi connectivity index (χ2n) is 4.85. The summed E-state index contributed by atoms with van der Waals surface area (Å²) in [5, 5.41) is 0. The van der Waals surface area contributed by atoms with Gasteiger partial charge in [-0.15, -0.1) is 12.4 Å². The van der Waals surface area contributed by atoms with Crippen molar-refractivity contribution in [3.8, 4) is 0 Å². The van der Waals surface area contributed by atoms with Gasteiger partial charge in [0.1, 0.15) is 5.69 Å². The molecular weight excluding hydrogens is 252 g/mol. The number of aryl methyl sites for hydroxylation is 1. The smallest absolute Gasteiger partial charge is 0.273 e. The maximum Gasteiger partial charge on any atom is 0.273 e. The van der Waals surface area contributed by atoms with E-state index in [1.807, 2.05) is 7.05 Å². The van der Waals surface area contributed by atoms with Gasteiger partial charge in [-0.1, -0.05) is 13.8 Å². The molecule has 5 nitrogen and oxygen atoms in total. The highest BCUT2D eigenvalue weighted by molar-refractivity contribution is 5.91. The van der Waals surface area contributed by atoms with Crippen molar-refractivity contribution in [2.45, 2.75) is 26.3 Å². The van der Waals surface area contributed by atoms with Crippen LogP contribution in [0.4, 0.5) is 0 Å². The summed E-state index contributed by atoms with van der Waals surface area (Å²) in [6.07, 6.45) is 4.16. The Labute approximate surface area is 115 Å². The zero-order valence-corrected chi connectivity index (χ0v) is 12.3. The van der Waals surface area contributed by atoms with E-state index in [1.54, 1.807) is 29.0 Å². The molecular formula is C12H23ClN4O. The number of imidazole rings is 1. The summed E-state index contributed by atoms with van der Waals surface area (Å²) in [6, 6.07) is 0.133. The molecule has 104 valence electrons. The van der Waals surface area contributed by atoms with Gasteiger partial charge >= 0.3 is 0 Å². The van der Waals surface area contributed by atoms with Crippen molar-refractivity contribution >= 4 is 18.3 Å². The molecule has 0 aromatic carbocycles. The molecule has 1 unspecified atom stereocenters. The first-order valence-electron chi connectivity index (χ1n) is 5.90. The first-order valence-corrected chi connectivity index (χ1v) is 5.90. The predicted octanol–water partition coefficient (Wildman–Crippen LogP) is 1.29. The van der Waals surface area contributed by atoms with E-state index in [0.29, 0.717) is 18.2 Å². The summed E-state index contributed by atoms with van der Waals surface area (Å²) in [6.45, 7) is 4.84. The lowest BCUT2D eigenvalue weighted by Crippen LogP contribution is -2.34. The lowest BCUT2D eigenvalue weighted by Gasteiger charge is -2.20. The van der Waals surface area contributed by atoms with Crippen LogP contribution in [0.15, 0.2) is 12.5 Å². The van der Waals surface area contributed by atoms with E-state index in [9.17, 15) is 4.79 Å². The maximum atomic E-state index is 11.9. The Balaban J connectivity index is 0.00000289. The van der Waals surface area contributed by atoms with Gasteiger partial charge in [-0.2, -0.15) is 0 Å². The Kier molecular flexibility index (Phi) is 6.94. The zero-order valence-electron chi connectivity index (χ0n) is 11.5. The molecule has 0 fully saturated rings. The van der Waals surface area contributed by atoms with Crippen LogP contribution in [-0.4, -0.2) is 40.0 Å². The number of hydrogen-bond acceptors (Lipinski definition) is 3. The standard InChI is InChI=1S/C12H22N4O.ClH/c1-9(2)10(13)5-6-16(4)12(17)11-7-15(3)8-14-11;/h7-10H,5-6,13H2,1-4H3;1H. The van der Waals surface area contributed by atoms with Gasteiger partial charge in [0, 0.05) is 32.9 Å². The van der Waals surface area contributed by atoms with Gasteiger partial charge in [0.15, 0.2) is 0 Å². The average Bonchev–Trinajstić information content (AvgIpc) is 2.70. The van der Waals surface area contributed by atoms with Gasteiger partial charge in [-0.3, -0.25) is 4.79 Å². The van der Waals surface area contributed by atoms with Gasteiger partial charge in [0.25, 0.3) is 5.91 Å². The van der Waals surface area contributed by atoms with Crippen LogP contribution in [0.25, 0.3) is 0 Å². The summed E-state index contributed by atoms with van der Waals surface area (Å²) < 4.78 is 1.76. The third-order valence-electron chi connectivity index (χ3n) is 2.92. The minimum atomic E-state index is -0.0541. The number of hydrogen-bond donors (Lipinski definition) is 1. The van der Waals surface area contributed by atoms with Crippen LogP contribution in [0.1, 0.15) is 30.8 Å². The van der Waals surface area contributed by atoms with Crippen LogP contribution < -0.4 is 5.73 Å². The van der Waals surface area contributed by atoms with Crippen molar-refractivity contribution in [1.29, 1.82) is 0 Å². The van der Waals surface area contributed by atoms with Crippen LogP contribution in [0.5, 0.6) is 0 Å². The Hall–Kier alpha value is -1.07. The molecule has 2 N–H and O–H groups in total. The average molecular weight is 275 g/mol. The Morgan fingerprint density at radius 2 is 2.17 bits per heavy atom. The van der Waals surface area contributed by atoms with Crippen LogP contribution in [0.2, 0.25) is 0 Å². The lowest BCUT2D eigenvalue weighted by atomic mass is 10.0. The van der Waals surface area contributed by atoms with E-state index in [0.717, 1.165) is 6.42 Å². The molecule has 1 atom stereocenters. The SMILES string of the molecule is CC(C)C(N)CCN(C)C(=O)c1cn(C)cn1.Cl. The van der Waals surface area contributed by atoms with Crippen LogP contribution in [0, 0.1) is 5.92 Å². The third kappa shape index (κ3) is 4.66. The molecule has 0 saturated carbocycles. The van der Waals surface area contributed by atoms with Crippen molar-refractivity contribution in [1.82, 2.24) is 14.5 Å². The zero-order chi connectivity index (χ0) is 13.0. The number of halogens is 1. The van der Waals surface area contributed by atoms with Crippen molar-refractivity contribution in [3.63, 3.8) is 0 Å². The van der Waals surface area contributed by atoms with Gasteiger partial charge < -0.3 is 15.2 Å². The van der Waals surface area contributed by atoms with Crippen LogP contribution >= 0.6 is 12.4 Å². The minimum Gasteiger partial charge on any atom is -0.340 e. The van der Waals surface area contributed by atoms with Crippen LogP contribution in [-0.2, 0) is 7.05 Å². The fourth-order valence-corrected chi connectivity index (χ4v) is 1.50. The monoisotopic (exact) mass is 274 g/mol. The summed E-state index contributed by atoms with van der Waals surface area (Å²) in [5.74, 6) is 0.384. The quantitative estimate of drug-likeness (QED) is 0.880. The third-order valence-corrected chi connectivity index (χ3v) is 2.92. The van der Waals surface area contributed by atoms with Crippen molar-refractivity contribution in [3.05, 3.63) is 18.2 Å². The Morgan fingerprint density at radius 3 is 2.61 bits per heavy atom. The van der Waals surface area contributed by atoms with E-state index in [2.05, 4.69) is 18.8 Å². The molecule has 1 rings (SSSR count). The number of nitrogens with two attached hydrogens (primary N) is 1. The molecule has 1 aromatic rings. The normalized spacial score (nSPS) is 12.1. The molecule has 0 bridgehead atoms. The van der Waals surface area contributed by atoms with Gasteiger partial charge in [-0.25, -0.2) is 4.98 Å². The van der Waals surface area contributed by atoms with Crippen molar-refractivity contribution in [2.75, 3.05) is 13.6 Å². The molecule has 0 radical (unpaired) electrons. The molecule has 18 heavy (non-hydrogen) atoms. The molecule has 1 heterocycles. The lowest BCUT2D eigenvalue weighted by molar-refractivity contribution is 0.0784. The molecule has 6 heteroatoms. The molecule has 0 aliphatic carbocycles. The summed E-state index contributed by atoms with van der Waals surface area (Å²) >= 11 is 0. The minimum absolute atomic E-state index is 0. The number of carbonyl (C=O) groups excluding carboxylic acids is 1. The highest BCUT2D eigenvalue weighted by atomic mass is 35.5. The van der Waals surface area contributed by atoms with Gasteiger partial charge in [0.05, 0.1) is 6.33 Å². The molecule has 0 spiro atoms. The molecule has 1 amide bonds. The highest BCUT2D eigenvalue weighted by Crippen LogP contribution is 2.06. The van der Waals surface area contributed by atoms with E-state index in [1.165, 1.54) is 0 Å². The molecule has 0 saturated heterocycles. The van der Waals surface area contributed by atoms with Crippen molar-refractivity contribution in [2.24, 2.45) is 18.7 Å². The van der Waals surface area contributed by atoms with E-state index in [-0.39, 0.29) is 24.4 Å². The number of nitrogens with zero attached hydrogens (tertiary/aromatic N) is 3. The molecule has 0 aliphatic heterocycles. The fraction of sp³-hybridized carbons (Fsp3) is 0.667. The predicted molar refractivity (Wildman–Crippen MR) is 74.8 cm³/mol. The maximum absolute atomic E-state index is 11.9. The molecule has 1 aromatic heterocycles. The highest BCUT2D eigenvalue weighted by Gasteiger charge is 2.15. The van der Waals surface area contributed by atoms with Crippen molar-refractivity contribution < 1.29 is 4.79 Å². The second kappa shape index (κ2) is 7.38. The van der Waals surface area contributed by atoms with Crippen LogP contribution in [0.3, 0.4) is 0 Å². The van der Waals surface area contributed by atoms with E-state index < -0.39 is 0 Å². The number of carbonyl (C=O) groups is 1.